The number of nitrogens with one attached hydrogen (secondary N) is 2. The van der Waals surface area contributed by atoms with Crippen molar-refractivity contribution in [3.8, 4) is 0 Å². The first-order valence-electron chi connectivity index (χ1n) is 12.9. The van der Waals surface area contributed by atoms with Gasteiger partial charge in [0.25, 0.3) is 11.8 Å². The highest BCUT2D eigenvalue weighted by molar-refractivity contribution is 7.92. The number of aliphatic hydroxyl groups is 1. The Labute approximate surface area is 227 Å². The molecule has 3 N–H and O–H groups in total. The maximum atomic E-state index is 15.1. The maximum Gasteiger partial charge on any atom is 0.259 e. The van der Waals surface area contributed by atoms with Gasteiger partial charge in [0, 0.05) is 39.0 Å². The molecule has 2 aromatic rings. The number of nitrogens with zero attached hydrogens (tertiary/aromatic N) is 3. The number of pyridine rings is 1. The lowest BCUT2D eigenvalue weighted by atomic mass is 10.1. The molecule has 2 aliphatic rings. The van der Waals surface area contributed by atoms with Crippen molar-refractivity contribution in [1.82, 2.24) is 4.98 Å². The number of anilines is 4. The Kier molecular flexibility index (Phi) is 8.47. The fourth-order valence-corrected chi connectivity index (χ4v) is 7.53. The molecule has 1 aromatic carbocycles. The monoisotopic (exact) mass is 585 g/mol. The number of amides is 1. The number of benzene rings is 1. The van der Waals surface area contributed by atoms with Gasteiger partial charge >= 0.3 is 0 Å². The number of halogens is 3. The molecule has 0 radical (unpaired) electrons. The van der Waals surface area contributed by atoms with Gasteiger partial charge < -0.3 is 20.2 Å². The summed E-state index contributed by atoms with van der Waals surface area (Å²) in [7, 11) is -5.38. The molecule has 9 nitrogen and oxygen atoms in total. The van der Waals surface area contributed by atoms with Crippen molar-refractivity contribution in [3.05, 3.63) is 41.7 Å². The quantitative estimate of drug-likeness (QED) is 0.402. The highest BCUT2D eigenvalue weighted by atomic mass is 32.2. The molecule has 0 atom stereocenters. The second-order valence-corrected chi connectivity index (χ2v) is 18.0. The molecule has 214 valence electrons. The Morgan fingerprint density at radius 3 is 2.41 bits per heavy atom. The molecular formula is C25H34F3N5O4SSi. The van der Waals surface area contributed by atoms with E-state index in [-0.39, 0.29) is 43.0 Å². The highest BCUT2D eigenvalue weighted by Crippen LogP contribution is 2.34. The Bertz CT molecular complexity index is 1310. The summed E-state index contributed by atoms with van der Waals surface area (Å²) in [6.45, 7) is 5.48. The zero-order chi connectivity index (χ0) is 28.4. The second kappa shape index (κ2) is 11.3. The summed E-state index contributed by atoms with van der Waals surface area (Å²) >= 11 is 0. The number of alkyl halides is 2. The van der Waals surface area contributed by atoms with Crippen LogP contribution in [-0.2, 0) is 10.0 Å². The first-order chi connectivity index (χ1) is 18.3. The van der Waals surface area contributed by atoms with Crippen molar-refractivity contribution in [3.63, 3.8) is 0 Å². The largest absolute Gasteiger partial charge is 0.395 e. The molecule has 1 amide bonds. The molecule has 4 rings (SSSR count). The topological polar surface area (TPSA) is 115 Å². The summed E-state index contributed by atoms with van der Waals surface area (Å²) < 4.78 is 68.8. The number of hydrogen-bond acceptors (Lipinski definition) is 7. The zero-order valence-corrected chi connectivity index (χ0v) is 23.8. The van der Waals surface area contributed by atoms with Crippen LogP contribution in [0.15, 0.2) is 30.3 Å². The number of hydrogen-bond donors (Lipinski definition) is 3. The van der Waals surface area contributed by atoms with Crippen LogP contribution in [0.1, 0.15) is 23.2 Å². The molecule has 0 unspecified atom stereocenters. The van der Waals surface area contributed by atoms with Crippen molar-refractivity contribution in [2.24, 2.45) is 0 Å². The number of aliphatic hydroxyl groups excluding tert-OH is 1. The van der Waals surface area contributed by atoms with E-state index in [1.165, 1.54) is 6.07 Å². The summed E-state index contributed by atoms with van der Waals surface area (Å²) in [6.07, 6.45) is -0.560. The smallest absolute Gasteiger partial charge is 0.259 e. The van der Waals surface area contributed by atoms with Crippen molar-refractivity contribution in [2.75, 3.05) is 58.4 Å². The molecule has 1 aromatic heterocycles. The molecule has 0 spiro atoms. The number of aromatic nitrogens is 1. The summed E-state index contributed by atoms with van der Waals surface area (Å²) in [5.41, 5.74) is 0.0948. The molecule has 0 aliphatic carbocycles. The third kappa shape index (κ3) is 7.42. The van der Waals surface area contributed by atoms with E-state index >= 15 is 4.39 Å². The summed E-state index contributed by atoms with van der Waals surface area (Å²) in [6, 6.07) is 9.11. The second-order valence-electron chi connectivity index (χ2n) is 10.8. The predicted octanol–water partition coefficient (Wildman–Crippen LogP) is 3.97. The van der Waals surface area contributed by atoms with Crippen LogP contribution < -0.4 is 19.8 Å². The summed E-state index contributed by atoms with van der Waals surface area (Å²) in [5.74, 6) is -4.23. The van der Waals surface area contributed by atoms with E-state index in [0.717, 1.165) is 18.2 Å². The minimum atomic E-state index is -3.99. The fraction of sp³-hybridized carbons (Fsp3) is 0.520. The first-order valence-corrected chi connectivity index (χ1v) is 18.0. The van der Waals surface area contributed by atoms with Crippen LogP contribution in [0.4, 0.5) is 36.2 Å². The molecular weight excluding hydrogens is 551 g/mol. The molecule has 0 bridgehead atoms. The number of piperidine rings is 1. The third-order valence-corrected chi connectivity index (χ3v) is 11.6. The number of rotatable bonds is 8. The van der Waals surface area contributed by atoms with Gasteiger partial charge in [0.15, 0.2) is 0 Å². The SMILES string of the molecule is C[Si]1(C)CCN(c2cc(NS(=O)(=O)CCO)c(F)cc2C(=O)Nc2cccc(N3CCC(F)(F)CC3)n2)CC1. The highest BCUT2D eigenvalue weighted by Gasteiger charge is 2.34. The van der Waals surface area contributed by atoms with E-state index < -0.39 is 48.1 Å². The Morgan fingerprint density at radius 2 is 1.77 bits per heavy atom. The molecule has 2 aliphatic heterocycles. The van der Waals surface area contributed by atoms with E-state index in [9.17, 15) is 22.0 Å². The van der Waals surface area contributed by atoms with Crippen LogP contribution in [0.25, 0.3) is 0 Å². The zero-order valence-electron chi connectivity index (χ0n) is 22.0. The van der Waals surface area contributed by atoms with Gasteiger partial charge in [0.05, 0.1) is 37.4 Å². The van der Waals surface area contributed by atoms with Gasteiger partial charge in [0.2, 0.25) is 10.0 Å². The standard InChI is InChI=1S/C25H34F3N5O4SSi/c1-39(2)14-10-32(11-15-39)21-17-20(31-38(36,37)13-12-34)19(26)16-18(21)24(35)30-22-4-3-5-23(29-22)33-8-6-25(27,28)7-9-33/h3-5,16-17,31,34H,6-15H2,1-2H3,(H,29,30,35). The molecule has 3 heterocycles. The third-order valence-electron chi connectivity index (χ3n) is 7.21. The minimum absolute atomic E-state index is 0.0174. The Balaban J connectivity index is 1.61. The lowest BCUT2D eigenvalue weighted by Gasteiger charge is -2.38. The van der Waals surface area contributed by atoms with Crippen molar-refractivity contribution in [2.45, 2.75) is 43.9 Å². The van der Waals surface area contributed by atoms with Gasteiger partial charge in [0.1, 0.15) is 17.5 Å². The number of carbonyl (C=O) groups excluding carboxylic acids is 1. The molecule has 2 saturated heterocycles. The Hall–Kier alpha value is -2.84. The molecule has 2 fully saturated rings. The summed E-state index contributed by atoms with van der Waals surface area (Å²) in [4.78, 5) is 21.5. The van der Waals surface area contributed by atoms with Crippen LogP contribution in [-0.4, -0.2) is 77.0 Å². The van der Waals surface area contributed by atoms with E-state index in [1.54, 1.807) is 23.1 Å². The lowest BCUT2D eigenvalue weighted by Crippen LogP contribution is -2.43. The minimum Gasteiger partial charge on any atom is -0.395 e. The van der Waals surface area contributed by atoms with Crippen LogP contribution in [0.2, 0.25) is 25.2 Å². The maximum absolute atomic E-state index is 15.1. The van der Waals surface area contributed by atoms with Crippen molar-refractivity contribution in [1.29, 1.82) is 0 Å². The summed E-state index contributed by atoms with van der Waals surface area (Å²) in [5, 5.41) is 11.7. The van der Waals surface area contributed by atoms with Crippen molar-refractivity contribution < 1.29 is 31.5 Å². The van der Waals surface area contributed by atoms with Gasteiger partial charge in [-0.2, -0.15) is 0 Å². The molecule has 14 heteroatoms. The van der Waals surface area contributed by atoms with Crippen LogP contribution >= 0.6 is 0 Å². The van der Waals surface area contributed by atoms with Crippen molar-refractivity contribution >= 4 is 47.0 Å². The average molecular weight is 586 g/mol. The number of sulfonamides is 1. The molecule has 39 heavy (non-hydrogen) atoms. The lowest BCUT2D eigenvalue weighted by molar-refractivity contribution is -0.0221. The van der Waals surface area contributed by atoms with Gasteiger partial charge in [-0.1, -0.05) is 19.2 Å². The molecule has 0 saturated carbocycles. The number of carbonyl (C=O) groups is 1. The average Bonchev–Trinajstić information content (AvgIpc) is 2.85. The van der Waals surface area contributed by atoms with Crippen LogP contribution in [0, 0.1) is 5.82 Å². The van der Waals surface area contributed by atoms with Crippen LogP contribution in [0.3, 0.4) is 0 Å². The van der Waals surface area contributed by atoms with Crippen LogP contribution in [0.5, 0.6) is 0 Å². The van der Waals surface area contributed by atoms with E-state index in [0.29, 0.717) is 24.6 Å². The van der Waals surface area contributed by atoms with Gasteiger partial charge in [-0.15, -0.1) is 0 Å². The van der Waals surface area contributed by atoms with Gasteiger partial charge in [-0.25, -0.2) is 26.6 Å². The Morgan fingerprint density at radius 1 is 1.10 bits per heavy atom. The predicted molar refractivity (Wildman–Crippen MR) is 149 cm³/mol. The van der Waals surface area contributed by atoms with Gasteiger partial charge in [-0.3, -0.25) is 9.52 Å². The fourth-order valence-electron chi connectivity index (χ4n) is 4.69. The van der Waals surface area contributed by atoms with E-state index in [2.05, 4.69) is 28.1 Å². The van der Waals surface area contributed by atoms with E-state index in [1.807, 2.05) is 4.90 Å². The van der Waals surface area contributed by atoms with E-state index in [4.69, 9.17) is 5.11 Å². The normalized spacial score (nSPS) is 19.0. The van der Waals surface area contributed by atoms with Gasteiger partial charge in [-0.05, 0) is 36.4 Å². The first kappa shape index (κ1) is 29.1.